The highest BCUT2D eigenvalue weighted by Crippen LogP contribution is 2.22. The average Bonchev–Trinajstić information content (AvgIpc) is 3.09. The van der Waals surface area contributed by atoms with Gasteiger partial charge in [0.05, 0.1) is 6.20 Å². The largest absolute Gasteiger partial charge is 0.374 e. The Hall–Kier alpha value is -1.92. The van der Waals surface area contributed by atoms with Crippen LogP contribution in [-0.4, -0.2) is 28.3 Å². The van der Waals surface area contributed by atoms with Crippen molar-refractivity contribution in [1.29, 1.82) is 0 Å². The van der Waals surface area contributed by atoms with Gasteiger partial charge >= 0.3 is 0 Å². The maximum atomic E-state index is 5.54. The summed E-state index contributed by atoms with van der Waals surface area (Å²) in [5, 5.41) is 9.73. The predicted octanol–water partition coefficient (Wildman–Crippen LogP) is 2.90. The first-order valence-electron chi connectivity index (χ1n) is 6.39. The molecular weight excluding hydrogens is 272 g/mol. The second-order valence-corrected chi connectivity index (χ2v) is 5.48. The molecule has 1 atom stereocenters. The molecule has 0 aliphatic carbocycles. The fourth-order valence-electron chi connectivity index (χ4n) is 2.14. The number of methoxy groups -OCH3 is 1. The van der Waals surface area contributed by atoms with Crippen LogP contribution in [0.5, 0.6) is 0 Å². The van der Waals surface area contributed by atoms with E-state index < -0.39 is 0 Å². The van der Waals surface area contributed by atoms with E-state index in [0.29, 0.717) is 6.54 Å². The van der Waals surface area contributed by atoms with E-state index in [1.54, 1.807) is 29.2 Å². The van der Waals surface area contributed by atoms with E-state index in [0.717, 1.165) is 17.2 Å². The number of nitrogens with one attached hydrogen (secondary N) is 1. The standard InChI is InChI=1S/C14H16N4OS/c1-10-8-14(18-13(17-10)5-6-16-18)15-9-11(19-2)12-4-3-7-20-12/h3-8,11,15H,9H2,1-2H3/t11-/m0/s1. The lowest BCUT2D eigenvalue weighted by Crippen LogP contribution is -2.16. The van der Waals surface area contributed by atoms with Crippen LogP contribution in [0.4, 0.5) is 5.82 Å². The Morgan fingerprint density at radius 1 is 1.45 bits per heavy atom. The second-order valence-electron chi connectivity index (χ2n) is 4.50. The van der Waals surface area contributed by atoms with Crippen LogP contribution in [0.1, 0.15) is 16.7 Å². The number of anilines is 1. The summed E-state index contributed by atoms with van der Waals surface area (Å²) < 4.78 is 7.34. The van der Waals surface area contributed by atoms with Crippen molar-refractivity contribution in [3.05, 3.63) is 46.4 Å². The van der Waals surface area contributed by atoms with Gasteiger partial charge in [0.15, 0.2) is 5.65 Å². The minimum absolute atomic E-state index is 0.0362. The molecule has 0 saturated heterocycles. The summed E-state index contributed by atoms with van der Waals surface area (Å²) in [6.07, 6.45) is 1.79. The van der Waals surface area contributed by atoms with Crippen LogP contribution in [0.15, 0.2) is 35.8 Å². The third kappa shape index (κ3) is 2.52. The Morgan fingerprint density at radius 2 is 2.35 bits per heavy atom. The Balaban J connectivity index is 1.81. The number of thiophene rings is 1. The van der Waals surface area contributed by atoms with Gasteiger partial charge in [-0.2, -0.15) is 9.61 Å². The Kier molecular flexibility index (Phi) is 3.66. The topological polar surface area (TPSA) is 51.5 Å². The zero-order valence-electron chi connectivity index (χ0n) is 11.4. The number of rotatable bonds is 5. The van der Waals surface area contributed by atoms with E-state index in [4.69, 9.17) is 4.74 Å². The molecule has 0 aromatic carbocycles. The van der Waals surface area contributed by atoms with Crippen LogP contribution in [-0.2, 0) is 4.74 Å². The SMILES string of the molecule is CO[C@@H](CNc1cc(C)nc2ccnn12)c1cccs1. The maximum absolute atomic E-state index is 5.54. The molecule has 0 spiro atoms. The zero-order chi connectivity index (χ0) is 13.9. The van der Waals surface area contributed by atoms with Gasteiger partial charge in [0, 0.05) is 36.4 Å². The number of ether oxygens (including phenoxy) is 1. The third-order valence-electron chi connectivity index (χ3n) is 3.10. The van der Waals surface area contributed by atoms with Crippen LogP contribution >= 0.6 is 11.3 Å². The molecule has 0 aliphatic rings. The highest BCUT2D eigenvalue weighted by atomic mass is 32.1. The van der Waals surface area contributed by atoms with E-state index in [2.05, 4.69) is 26.8 Å². The first-order valence-corrected chi connectivity index (χ1v) is 7.27. The summed E-state index contributed by atoms with van der Waals surface area (Å²) in [6.45, 7) is 2.67. The first-order chi connectivity index (χ1) is 9.78. The summed E-state index contributed by atoms with van der Waals surface area (Å²) in [5.41, 5.74) is 1.81. The van der Waals surface area contributed by atoms with Crippen molar-refractivity contribution in [2.45, 2.75) is 13.0 Å². The lowest BCUT2D eigenvalue weighted by molar-refractivity contribution is 0.117. The molecule has 0 saturated carbocycles. The van der Waals surface area contributed by atoms with E-state index in [-0.39, 0.29) is 6.10 Å². The minimum atomic E-state index is 0.0362. The number of fused-ring (bicyclic) bond motifs is 1. The van der Waals surface area contributed by atoms with E-state index >= 15 is 0 Å². The molecule has 1 N–H and O–H groups in total. The van der Waals surface area contributed by atoms with E-state index in [1.807, 2.05) is 25.1 Å². The lowest BCUT2D eigenvalue weighted by Gasteiger charge is -2.16. The molecule has 3 aromatic rings. The maximum Gasteiger partial charge on any atom is 0.157 e. The predicted molar refractivity (Wildman–Crippen MR) is 80.3 cm³/mol. The van der Waals surface area contributed by atoms with Crippen molar-refractivity contribution in [2.75, 3.05) is 19.0 Å². The van der Waals surface area contributed by atoms with Gasteiger partial charge in [0.2, 0.25) is 0 Å². The molecule has 20 heavy (non-hydrogen) atoms. The molecule has 0 amide bonds. The van der Waals surface area contributed by atoms with Crippen LogP contribution in [0.2, 0.25) is 0 Å². The Labute approximate surface area is 121 Å². The van der Waals surface area contributed by atoms with Gasteiger partial charge in [0.25, 0.3) is 0 Å². The zero-order valence-corrected chi connectivity index (χ0v) is 12.2. The number of aromatic nitrogens is 3. The van der Waals surface area contributed by atoms with Crippen molar-refractivity contribution in [1.82, 2.24) is 14.6 Å². The highest BCUT2D eigenvalue weighted by Gasteiger charge is 2.12. The highest BCUT2D eigenvalue weighted by molar-refractivity contribution is 7.10. The molecule has 0 unspecified atom stereocenters. The summed E-state index contributed by atoms with van der Waals surface area (Å²) in [5.74, 6) is 0.927. The Morgan fingerprint density at radius 3 is 3.10 bits per heavy atom. The molecule has 6 heteroatoms. The minimum Gasteiger partial charge on any atom is -0.374 e. The van der Waals surface area contributed by atoms with Gasteiger partial charge in [0.1, 0.15) is 11.9 Å². The molecule has 3 rings (SSSR count). The Bertz CT molecular complexity index is 692. The summed E-state index contributed by atoms with van der Waals surface area (Å²) in [6, 6.07) is 8.00. The lowest BCUT2D eigenvalue weighted by atomic mass is 10.3. The first kappa shape index (κ1) is 13.1. The van der Waals surface area contributed by atoms with Gasteiger partial charge in [-0.15, -0.1) is 11.3 Å². The van der Waals surface area contributed by atoms with Gasteiger partial charge < -0.3 is 10.1 Å². The number of hydrogen-bond acceptors (Lipinski definition) is 5. The summed E-state index contributed by atoms with van der Waals surface area (Å²) >= 11 is 1.70. The second kappa shape index (κ2) is 5.60. The van der Waals surface area contributed by atoms with Crippen molar-refractivity contribution in [3.8, 4) is 0 Å². The van der Waals surface area contributed by atoms with E-state index in [1.165, 1.54) is 4.88 Å². The van der Waals surface area contributed by atoms with Crippen LogP contribution in [0.25, 0.3) is 5.65 Å². The molecule has 0 radical (unpaired) electrons. The van der Waals surface area contributed by atoms with Crippen LogP contribution in [0, 0.1) is 6.92 Å². The third-order valence-corrected chi connectivity index (χ3v) is 4.07. The molecule has 3 aromatic heterocycles. The molecule has 5 nitrogen and oxygen atoms in total. The smallest absolute Gasteiger partial charge is 0.157 e. The molecule has 0 bridgehead atoms. The number of hydrogen-bond donors (Lipinski definition) is 1. The van der Waals surface area contributed by atoms with Crippen molar-refractivity contribution < 1.29 is 4.74 Å². The van der Waals surface area contributed by atoms with Gasteiger partial charge in [-0.25, -0.2) is 4.98 Å². The number of aryl methyl sites for hydroxylation is 1. The van der Waals surface area contributed by atoms with Crippen molar-refractivity contribution >= 4 is 22.8 Å². The molecule has 0 fully saturated rings. The average molecular weight is 288 g/mol. The molecule has 3 heterocycles. The summed E-state index contributed by atoms with van der Waals surface area (Å²) in [4.78, 5) is 5.64. The molecule has 0 aliphatic heterocycles. The van der Waals surface area contributed by atoms with Gasteiger partial charge in [-0.3, -0.25) is 0 Å². The summed E-state index contributed by atoms with van der Waals surface area (Å²) in [7, 11) is 1.73. The molecule has 104 valence electrons. The fraction of sp³-hybridized carbons (Fsp3) is 0.286. The van der Waals surface area contributed by atoms with Gasteiger partial charge in [-0.05, 0) is 18.4 Å². The normalized spacial score (nSPS) is 12.7. The molecular formula is C14H16N4OS. The van der Waals surface area contributed by atoms with Gasteiger partial charge in [-0.1, -0.05) is 6.07 Å². The monoisotopic (exact) mass is 288 g/mol. The van der Waals surface area contributed by atoms with Crippen LogP contribution in [0.3, 0.4) is 0 Å². The van der Waals surface area contributed by atoms with Crippen molar-refractivity contribution in [2.24, 2.45) is 0 Å². The quantitative estimate of drug-likeness (QED) is 0.784. The van der Waals surface area contributed by atoms with E-state index in [9.17, 15) is 0 Å². The number of nitrogens with zero attached hydrogens (tertiary/aromatic N) is 3. The van der Waals surface area contributed by atoms with Crippen molar-refractivity contribution in [3.63, 3.8) is 0 Å². The fourth-order valence-corrected chi connectivity index (χ4v) is 2.94. The van der Waals surface area contributed by atoms with Crippen LogP contribution < -0.4 is 5.32 Å².